The van der Waals surface area contributed by atoms with E-state index in [0.29, 0.717) is 10.8 Å². The number of rotatable bonds is 3. The zero-order valence-corrected chi connectivity index (χ0v) is 6.58. The highest BCUT2D eigenvalue weighted by Gasteiger charge is 1.92. The van der Waals surface area contributed by atoms with Crippen molar-refractivity contribution in [2.45, 2.75) is 0 Å². The summed E-state index contributed by atoms with van der Waals surface area (Å²) in [6.45, 7) is 1.13. The van der Waals surface area contributed by atoms with Crippen molar-refractivity contribution < 1.29 is 9.84 Å². The molecule has 1 aromatic rings. The van der Waals surface area contributed by atoms with Gasteiger partial charge in [0, 0.05) is 5.02 Å². The Balaban J connectivity index is 2.56. The molecule has 1 rings (SSSR count). The normalized spacial score (nSPS) is 9.64. The van der Waals surface area contributed by atoms with Gasteiger partial charge in [0.05, 0.1) is 0 Å². The molecule has 59 valence electrons. The molecule has 0 aromatic heterocycles. The molecule has 0 spiro atoms. The van der Waals surface area contributed by atoms with Gasteiger partial charge in [-0.05, 0) is 18.2 Å². The first kappa shape index (κ1) is 8.37. The molecule has 3 heteroatoms. The van der Waals surface area contributed by atoms with Gasteiger partial charge in [0.15, 0.2) is 0 Å². The fourth-order valence-electron chi connectivity index (χ4n) is 0.690. The zero-order chi connectivity index (χ0) is 8.10. The zero-order valence-electron chi connectivity index (χ0n) is 5.83. The van der Waals surface area contributed by atoms with Gasteiger partial charge in [-0.15, -0.1) is 0 Å². The average molecular weight is 172 g/mol. The SMILES string of the molecule is O[CH]COc1cccc(Cl)c1. The molecule has 0 heterocycles. The maximum absolute atomic E-state index is 8.31. The number of benzene rings is 1. The first-order valence-electron chi connectivity index (χ1n) is 3.17. The lowest BCUT2D eigenvalue weighted by atomic mass is 10.3. The number of ether oxygens (including phenoxy) is 1. The Morgan fingerprint density at radius 1 is 1.55 bits per heavy atom. The summed E-state index contributed by atoms with van der Waals surface area (Å²) in [5, 5.41) is 8.94. The van der Waals surface area contributed by atoms with Gasteiger partial charge in [0.1, 0.15) is 19.0 Å². The van der Waals surface area contributed by atoms with E-state index >= 15 is 0 Å². The van der Waals surface area contributed by atoms with Crippen LogP contribution in [0, 0.1) is 6.61 Å². The second-order valence-electron chi connectivity index (χ2n) is 1.95. The van der Waals surface area contributed by atoms with E-state index in [4.69, 9.17) is 21.4 Å². The van der Waals surface area contributed by atoms with E-state index < -0.39 is 0 Å². The third-order valence-corrected chi connectivity index (χ3v) is 1.36. The molecule has 0 saturated carbocycles. The van der Waals surface area contributed by atoms with Gasteiger partial charge in [-0.25, -0.2) is 0 Å². The van der Waals surface area contributed by atoms with Crippen molar-refractivity contribution in [1.82, 2.24) is 0 Å². The van der Waals surface area contributed by atoms with Gasteiger partial charge in [0.25, 0.3) is 0 Å². The van der Waals surface area contributed by atoms with Crippen molar-refractivity contribution in [2.24, 2.45) is 0 Å². The Kier molecular flexibility index (Phi) is 3.20. The topological polar surface area (TPSA) is 29.5 Å². The lowest BCUT2D eigenvalue weighted by Crippen LogP contribution is -1.96. The molecule has 11 heavy (non-hydrogen) atoms. The predicted octanol–water partition coefficient (Wildman–Crippen LogP) is 2.25. The summed E-state index contributed by atoms with van der Waals surface area (Å²) in [5.74, 6) is 0.655. The van der Waals surface area contributed by atoms with E-state index in [1.54, 1.807) is 24.3 Å². The summed E-state index contributed by atoms with van der Waals surface area (Å²) in [6, 6.07) is 7.01. The molecule has 0 aliphatic carbocycles. The van der Waals surface area contributed by atoms with Crippen LogP contribution >= 0.6 is 11.6 Å². The molecule has 1 radical (unpaired) electrons. The summed E-state index contributed by atoms with van der Waals surface area (Å²) in [5.41, 5.74) is 0. The third kappa shape index (κ3) is 2.78. The van der Waals surface area contributed by atoms with Crippen LogP contribution in [0.4, 0.5) is 0 Å². The quantitative estimate of drug-likeness (QED) is 0.756. The minimum Gasteiger partial charge on any atom is -0.491 e. The lowest BCUT2D eigenvalue weighted by molar-refractivity contribution is 0.261. The fourth-order valence-corrected chi connectivity index (χ4v) is 0.871. The van der Waals surface area contributed by atoms with Gasteiger partial charge in [-0.3, -0.25) is 0 Å². The van der Waals surface area contributed by atoms with Crippen LogP contribution in [0.2, 0.25) is 5.02 Å². The molecule has 0 saturated heterocycles. The highest BCUT2D eigenvalue weighted by molar-refractivity contribution is 6.30. The largest absolute Gasteiger partial charge is 0.491 e. The summed E-state index contributed by atoms with van der Waals surface area (Å²) in [6.07, 6.45) is 0. The molecule has 2 nitrogen and oxygen atoms in total. The van der Waals surface area contributed by atoms with Crippen LogP contribution in [0.5, 0.6) is 5.75 Å². The molecule has 0 aliphatic rings. The van der Waals surface area contributed by atoms with Crippen molar-refractivity contribution in [3.05, 3.63) is 35.9 Å². The molecule has 0 unspecified atom stereocenters. The van der Waals surface area contributed by atoms with E-state index in [1.165, 1.54) is 0 Å². The Hall–Kier alpha value is -0.730. The third-order valence-electron chi connectivity index (χ3n) is 1.12. The lowest BCUT2D eigenvalue weighted by Gasteiger charge is -2.02. The summed E-state index contributed by atoms with van der Waals surface area (Å²) in [4.78, 5) is 0. The standard InChI is InChI=1S/C8H8ClO2/c9-7-2-1-3-8(6-7)11-5-4-10/h1-4,6,10H,5H2. The number of aliphatic hydroxyl groups excluding tert-OH is 1. The molecule has 1 aromatic carbocycles. The highest BCUT2D eigenvalue weighted by atomic mass is 35.5. The van der Waals surface area contributed by atoms with Crippen molar-refractivity contribution in [3.8, 4) is 5.75 Å². The minimum atomic E-state index is 0.181. The van der Waals surface area contributed by atoms with E-state index in [0.717, 1.165) is 6.61 Å². The van der Waals surface area contributed by atoms with Crippen molar-refractivity contribution >= 4 is 11.6 Å². The second kappa shape index (κ2) is 4.21. The van der Waals surface area contributed by atoms with E-state index in [2.05, 4.69) is 0 Å². The van der Waals surface area contributed by atoms with Gasteiger partial charge < -0.3 is 9.84 Å². The van der Waals surface area contributed by atoms with Gasteiger partial charge in [0.2, 0.25) is 0 Å². The van der Waals surface area contributed by atoms with Gasteiger partial charge >= 0.3 is 0 Å². The second-order valence-corrected chi connectivity index (χ2v) is 2.39. The van der Waals surface area contributed by atoms with Crippen LogP contribution in [0.25, 0.3) is 0 Å². The van der Waals surface area contributed by atoms with Crippen LogP contribution in [0.3, 0.4) is 0 Å². The van der Waals surface area contributed by atoms with E-state index in [1.807, 2.05) is 0 Å². The molecule has 0 bridgehead atoms. The van der Waals surface area contributed by atoms with Crippen LogP contribution in [0.1, 0.15) is 0 Å². The van der Waals surface area contributed by atoms with Crippen LogP contribution in [0.15, 0.2) is 24.3 Å². The van der Waals surface area contributed by atoms with Gasteiger partial charge in [-0.1, -0.05) is 17.7 Å². The Labute approximate surface area is 70.4 Å². The molecule has 1 N–H and O–H groups in total. The molecule has 0 atom stereocenters. The average Bonchev–Trinajstić information content (AvgIpc) is 2.01. The molecular formula is C8H8ClO2. The Bertz CT molecular complexity index is 225. The number of halogens is 1. The number of aliphatic hydroxyl groups is 1. The monoisotopic (exact) mass is 171 g/mol. The van der Waals surface area contributed by atoms with Crippen LogP contribution in [-0.2, 0) is 0 Å². The first-order chi connectivity index (χ1) is 5.33. The number of hydrogen-bond acceptors (Lipinski definition) is 2. The maximum Gasteiger partial charge on any atom is 0.120 e. The Morgan fingerprint density at radius 2 is 2.36 bits per heavy atom. The maximum atomic E-state index is 8.31. The van der Waals surface area contributed by atoms with Crippen molar-refractivity contribution in [1.29, 1.82) is 0 Å². The first-order valence-corrected chi connectivity index (χ1v) is 3.55. The number of hydrogen-bond donors (Lipinski definition) is 1. The van der Waals surface area contributed by atoms with Crippen LogP contribution < -0.4 is 4.74 Å². The molecule has 0 fully saturated rings. The highest BCUT2D eigenvalue weighted by Crippen LogP contribution is 2.16. The molecule has 0 amide bonds. The Morgan fingerprint density at radius 3 is 3.00 bits per heavy atom. The summed E-state index contributed by atoms with van der Waals surface area (Å²) in [7, 11) is 0. The fraction of sp³-hybridized carbons (Fsp3) is 0.125. The van der Waals surface area contributed by atoms with Crippen molar-refractivity contribution in [2.75, 3.05) is 6.61 Å². The van der Waals surface area contributed by atoms with E-state index in [-0.39, 0.29) is 6.61 Å². The summed E-state index contributed by atoms with van der Waals surface area (Å²) >= 11 is 5.67. The van der Waals surface area contributed by atoms with Gasteiger partial charge in [-0.2, -0.15) is 0 Å². The van der Waals surface area contributed by atoms with Crippen LogP contribution in [-0.4, -0.2) is 11.7 Å². The minimum absolute atomic E-state index is 0.181. The smallest absolute Gasteiger partial charge is 0.120 e. The molecular weight excluding hydrogens is 164 g/mol. The predicted molar refractivity (Wildman–Crippen MR) is 43.2 cm³/mol. The molecule has 0 aliphatic heterocycles. The van der Waals surface area contributed by atoms with E-state index in [9.17, 15) is 0 Å². The van der Waals surface area contributed by atoms with Crippen molar-refractivity contribution in [3.63, 3.8) is 0 Å². The summed E-state index contributed by atoms with van der Waals surface area (Å²) < 4.78 is 5.05.